The molecule has 1 amide bonds. The highest BCUT2D eigenvalue weighted by Gasteiger charge is 2.12. The second-order valence-corrected chi connectivity index (χ2v) is 4.71. The second kappa shape index (κ2) is 4.88. The number of carbonyl (C=O) groups is 1. The van der Waals surface area contributed by atoms with Crippen molar-refractivity contribution in [3.05, 3.63) is 47.8 Å². The molecule has 0 aliphatic rings. The Morgan fingerprint density at radius 2 is 2.25 bits per heavy atom. The Hall–Kier alpha value is -2.50. The molecule has 3 aromatic heterocycles. The number of amides is 1. The Morgan fingerprint density at radius 3 is 3.00 bits per heavy atom. The largest absolute Gasteiger partial charge is 0.466 e. The summed E-state index contributed by atoms with van der Waals surface area (Å²) < 4.78 is 9.20. The lowest BCUT2D eigenvalue weighted by Crippen LogP contribution is -2.27. The summed E-state index contributed by atoms with van der Waals surface area (Å²) in [7, 11) is 0. The molecule has 0 aromatic carbocycles. The quantitative estimate of drug-likeness (QED) is 0.787. The predicted molar refractivity (Wildman–Crippen MR) is 73.7 cm³/mol. The lowest BCUT2D eigenvalue weighted by atomic mass is 10.2. The molecule has 0 saturated heterocycles. The van der Waals surface area contributed by atoms with E-state index < -0.39 is 0 Å². The summed E-state index contributed by atoms with van der Waals surface area (Å²) in [5, 5.41) is 7.04. The van der Waals surface area contributed by atoms with Crippen molar-refractivity contribution in [1.82, 2.24) is 19.5 Å². The number of nitrogens with zero attached hydrogens (tertiary/aromatic N) is 3. The Bertz CT molecular complexity index is 750. The van der Waals surface area contributed by atoms with Crippen LogP contribution < -0.4 is 5.32 Å². The summed E-state index contributed by atoms with van der Waals surface area (Å²) in [6.07, 6.45) is 5.59. The second-order valence-electron chi connectivity index (χ2n) is 4.71. The molecular formula is C14H16N4O2. The maximum atomic E-state index is 12.0. The van der Waals surface area contributed by atoms with E-state index in [-0.39, 0.29) is 5.91 Å². The van der Waals surface area contributed by atoms with Crippen molar-refractivity contribution in [2.45, 2.75) is 20.4 Å². The van der Waals surface area contributed by atoms with Crippen LogP contribution in [0.2, 0.25) is 0 Å². The first kappa shape index (κ1) is 12.5. The van der Waals surface area contributed by atoms with E-state index in [2.05, 4.69) is 10.4 Å². The van der Waals surface area contributed by atoms with Gasteiger partial charge in [0, 0.05) is 31.5 Å². The molecule has 0 aliphatic heterocycles. The van der Waals surface area contributed by atoms with Crippen molar-refractivity contribution < 1.29 is 9.21 Å². The summed E-state index contributed by atoms with van der Waals surface area (Å²) in [5.41, 5.74) is 1.61. The van der Waals surface area contributed by atoms with E-state index >= 15 is 0 Å². The molecule has 0 aliphatic carbocycles. The molecule has 0 spiro atoms. The van der Waals surface area contributed by atoms with Crippen LogP contribution in [0.15, 0.2) is 35.1 Å². The molecule has 0 unspecified atom stereocenters. The van der Waals surface area contributed by atoms with Crippen molar-refractivity contribution in [2.24, 2.45) is 0 Å². The lowest BCUT2D eigenvalue weighted by Gasteiger charge is -2.05. The van der Waals surface area contributed by atoms with Crippen LogP contribution in [0, 0.1) is 13.8 Å². The van der Waals surface area contributed by atoms with Gasteiger partial charge in [0.05, 0.1) is 11.8 Å². The van der Waals surface area contributed by atoms with Gasteiger partial charge in [-0.25, -0.2) is 4.52 Å². The van der Waals surface area contributed by atoms with Gasteiger partial charge in [-0.2, -0.15) is 5.10 Å². The number of hydrogen-bond acceptors (Lipinski definition) is 3. The number of aryl methyl sites for hydroxylation is 2. The number of rotatable bonds is 4. The third-order valence-corrected chi connectivity index (χ3v) is 3.26. The minimum absolute atomic E-state index is 0.101. The molecule has 0 atom stereocenters. The van der Waals surface area contributed by atoms with Gasteiger partial charge < -0.3 is 14.3 Å². The third-order valence-electron chi connectivity index (χ3n) is 3.26. The maximum Gasteiger partial charge on any atom is 0.254 e. The fourth-order valence-corrected chi connectivity index (χ4v) is 2.30. The smallest absolute Gasteiger partial charge is 0.254 e. The zero-order valence-corrected chi connectivity index (χ0v) is 11.5. The Kier molecular flexibility index (Phi) is 3.06. The van der Waals surface area contributed by atoms with Crippen LogP contribution in [-0.4, -0.2) is 26.6 Å². The number of aromatic nitrogens is 3. The van der Waals surface area contributed by atoms with Gasteiger partial charge in [-0.15, -0.1) is 0 Å². The van der Waals surface area contributed by atoms with Crippen molar-refractivity contribution in [3.8, 4) is 0 Å². The third kappa shape index (κ3) is 2.20. The zero-order valence-electron chi connectivity index (χ0n) is 11.5. The molecule has 6 heteroatoms. The minimum Gasteiger partial charge on any atom is -0.466 e. The minimum atomic E-state index is -0.101. The van der Waals surface area contributed by atoms with E-state index in [9.17, 15) is 4.79 Å². The van der Waals surface area contributed by atoms with Crippen molar-refractivity contribution >= 4 is 11.6 Å². The topological polar surface area (TPSA) is 64.5 Å². The molecule has 3 rings (SSSR count). The summed E-state index contributed by atoms with van der Waals surface area (Å²) in [6, 6.07) is 3.70. The van der Waals surface area contributed by atoms with Gasteiger partial charge in [-0.3, -0.25) is 4.79 Å². The Morgan fingerprint density at radius 1 is 1.40 bits per heavy atom. The molecule has 104 valence electrons. The molecule has 1 N–H and O–H groups in total. The first-order chi connectivity index (χ1) is 9.65. The van der Waals surface area contributed by atoms with Gasteiger partial charge in [0.25, 0.3) is 5.91 Å². The first-order valence-corrected chi connectivity index (χ1v) is 6.49. The van der Waals surface area contributed by atoms with E-state index in [0.29, 0.717) is 24.4 Å². The van der Waals surface area contributed by atoms with Crippen LogP contribution in [0.4, 0.5) is 0 Å². The molecule has 3 aromatic rings. The van der Waals surface area contributed by atoms with Gasteiger partial charge in [0.2, 0.25) is 0 Å². The van der Waals surface area contributed by atoms with E-state index in [1.54, 1.807) is 23.7 Å². The van der Waals surface area contributed by atoms with E-state index in [4.69, 9.17) is 4.42 Å². The van der Waals surface area contributed by atoms with E-state index in [1.807, 2.05) is 30.0 Å². The molecule has 0 bridgehead atoms. The highest BCUT2D eigenvalue weighted by Crippen LogP contribution is 2.13. The maximum absolute atomic E-state index is 12.0. The number of furan rings is 1. The van der Waals surface area contributed by atoms with Gasteiger partial charge in [-0.1, -0.05) is 0 Å². The molecule has 0 radical (unpaired) electrons. The number of imidazole rings is 1. The molecule has 6 nitrogen and oxygen atoms in total. The highest BCUT2D eigenvalue weighted by molar-refractivity contribution is 5.95. The summed E-state index contributed by atoms with van der Waals surface area (Å²) in [4.78, 5) is 12.0. The van der Waals surface area contributed by atoms with Crippen molar-refractivity contribution in [3.63, 3.8) is 0 Å². The van der Waals surface area contributed by atoms with Crippen molar-refractivity contribution in [1.29, 1.82) is 0 Å². The van der Waals surface area contributed by atoms with Crippen LogP contribution in [0.5, 0.6) is 0 Å². The number of fused-ring (bicyclic) bond motifs is 1. The average molecular weight is 272 g/mol. The fraction of sp³-hybridized carbons (Fsp3) is 0.286. The monoisotopic (exact) mass is 272 g/mol. The Labute approximate surface area is 116 Å². The van der Waals surface area contributed by atoms with Crippen LogP contribution in [0.25, 0.3) is 5.65 Å². The van der Waals surface area contributed by atoms with Crippen LogP contribution in [0.3, 0.4) is 0 Å². The van der Waals surface area contributed by atoms with Crippen LogP contribution >= 0.6 is 0 Å². The molecule has 3 heterocycles. The Balaban J connectivity index is 1.61. The van der Waals surface area contributed by atoms with Crippen LogP contribution in [-0.2, 0) is 6.54 Å². The van der Waals surface area contributed by atoms with E-state index in [1.165, 1.54) is 0 Å². The predicted octanol–water partition coefficient (Wildman–Crippen LogP) is 1.78. The van der Waals surface area contributed by atoms with Gasteiger partial charge >= 0.3 is 0 Å². The molecule has 0 saturated carbocycles. The molecule has 20 heavy (non-hydrogen) atoms. The number of nitrogens with one attached hydrogen (secondary N) is 1. The highest BCUT2D eigenvalue weighted by atomic mass is 16.3. The number of hydrogen-bond donors (Lipinski definition) is 1. The number of carbonyl (C=O) groups excluding carboxylic acids is 1. The van der Waals surface area contributed by atoms with Gasteiger partial charge in [-0.05, 0) is 19.9 Å². The summed E-state index contributed by atoms with van der Waals surface area (Å²) >= 11 is 0. The normalized spacial score (nSPS) is 11.1. The van der Waals surface area contributed by atoms with Crippen molar-refractivity contribution in [2.75, 3.05) is 6.54 Å². The lowest BCUT2D eigenvalue weighted by molar-refractivity contribution is 0.0951. The standard InChI is InChI=1S/C14H16N4O2/c1-10-9-12(11(2)20-10)14(19)15-5-6-17-7-8-18-13(17)3-4-16-18/h3-4,7-9H,5-6H2,1-2H3,(H,15,19). The van der Waals surface area contributed by atoms with Gasteiger partial charge in [0.1, 0.15) is 17.2 Å². The summed E-state index contributed by atoms with van der Waals surface area (Å²) in [6.45, 7) is 4.88. The zero-order chi connectivity index (χ0) is 14.1. The van der Waals surface area contributed by atoms with E-state index in [0.717, 1.165) is 11.4 Å². The SMILES string of the molecule is Cc1cc(C(=O)NCCn2ccn3nccc23)c(C)o1. The van der Waals surface area contributed by atoms with Crippen LogP contribution in [0.1, 0.15) is 21.9 Å². The van der Waals surface area contributed by atoms with Gasteiger partial charge in [0.15, 0.2) is 0 Å². The average Bonchev–Trinajstić information content (AvgIpc) is 3.06. The first-order valence-electron chi connectivity index (χ1n) is 6.49. The molecule has 0 fully saturated rings. The molecular weight excluding hydrogens is 256 g/mol. The fourth-order valence-electron chi connectivity index (χ4n) is 2.30. The summed E-state index contributed by atoms with van der Waals surface area (Å²) in [5.74, 6) is 1.30.